The van der Waals surface area contributed by atoms with Gasteiger partial charge in [0.15, 0.2) is 5.37 Å². The van der Waals surface area contributed by atoms with Gasteiger partial charge in [-0.3, -0.25) is 5.43 Å². The molecule has 5 heteroatoms. The molecule has 1 N–H and O–H groups in total. The van der Waals surface area contributed by atoms with E-state index in [-0.39, 0.29) is 5.97 Å². The molecule has 2 aromatic rings. The van der Waals surface area contributed by atoms with Crippen LogP contribution in [0.15, 0.2) is 47.6 Å². The van der Waals surface area contributed by atoms with E-state index in [0.717, 1.165) is 16.0 Å². The highest BCUT2D eigenvalue weighted by Crippen LogP contribution is 2.25. The zero-order chi connectivity index (χ0) is 13.9. The van der Waals surface area contributed by atoms with E-state index in [1.54, 1.807) is 6.92 Å². The van der Waals surface area contributed by atoms with E-state index in [1.165, 1.54) is 17.1 Å². The highest BCUT2D eigenvalue weighted by molar-refractivity contribution is 8.15. The van der Waals surface area contributed by atoms with Crippen LogP contribution in [0, 0.1) is 0 Å². The number of fused-ring (bicyclic) bond motifs is 1. The second-order valence-corrected chi connectivity index (χ2v) is 5.45. The van der Waals surface area contributed by atoms with Crippen LogP contribution in [-0.4, -0.2) is 23.0 Å². The van der Waals surface area contributed by atoms with Gasteiger partial charge in [0.05, 0.1) is 6.61 Å². The molecule has 0 radical (unpaired) electrons. The van der Waals surface area contributed by atoms with Gasteiger partial charge in [-0.15, -0.1) is 0 Å². The smallest absolute Gasteiger partial charge is 0.341 e. The van der Waals surface area contributed by atoms with Crippen molar-refractivity contribution in [3.8, 4) is 0 Å². The van der Waals surface area contributed by atoms with Gasteiger partial charge in [-0.25, -0.2) is 4.79 Å². The van der Waals surface area contributed by atoms with Crippen molar-refractivity contribution in [3.63, 3.8) is 0 Å². The first-order valence-corrected chi connectivity index (χ1v) is 7.31. The predicted molar refractivity (Wildman–Crippen MR) is 81.6 cm³/mol. The summed E-state index contributed by atoms with van der Waals surface area (Å²) >= 11 is 1.38. The Balaban J connectivity index is 1.81. The largest absolute Gasteiger partial charge is 0.464 e. The first-order valence-electron chi connectivity index (χ1n) is 6.43. The molecule has 1 heterocycles. The number of benzene rings is 2. The Kier molecular flexibility index (Phi) is 3.60. The summed E-state index contributed by atoms with van der Waals surface area (Å²) in [6.07, 6.45) is 0. The highest BCUT2D eigenvalue weighted by atomic mass is 32.2. The van der Waals surface area contributed by atoms with Crippen LogP contribution in [0.5, 0.6) is 0 Å². The topological polar surface area (TPSA) is 50.7 Å². The molecule has 1 atom stereocenters. The third-order valence-electron chi connectivity index (χ3n) is 3.01. The quantitative estimate of drug-likeness (QED) is 0.881. The van der Waals surface area contributed by atoms with Crippen LogP contribution >= 0.6 is 11.8 Å². The van der Waals surface area contributed by atoms with Crippen LogP contribution in [0.2, 0.25) is 0 Å². The van der Waals surface area contributed by atoms with Crippen LogP contribution in [0.1, 0.15) is 12.5 Å². The van der Waals surface area contributed by atoms with Gasteiger partial charge >= 0.3 is 5.97 Å². The molecule has 3 rings (SSSR count). The van der Waals surface area contributed by atoms with E-state index >= 15 is 0 Å². The van der Waals surface area contributed by atoms with Crippen molar-refractivity contribution in [1.82, 2.24) is 5.43 Å². The van der Waals surface area contributed by atoms with Gasteiger partial charge in [0.2, 0.25) is 0 Å². The Labute approximate surface area is 121 Å². The van der Waals surface area contributed by atoms with Crippen LogP contribution in [-0.2, 0) is 9.53 Å². The molecule has 0 bridgehead atoms. The molecule has 0 aliphatic carbocycles. The molecule has 102 valence electrons. The number of ether oxygens (including phenoxy) is 1. The van der Waals surface area contributed by atoms with Crippen molar-refractivity contribution in [2.24, 2.45) is 5.10 Å². The van der Waals surface area contributed by atoms with Crippen molar-refractivity contribution in [2.45, 2.75) is 12.3 Å². The van der Waals surface area contributed by atoms with E-state index in [0.29, 0.717) is 6.61 Å². The number of rotatable bonds is 3. The van der Waals surface area contributed by atoms with Crippen molar-refractivity contribution in [3.05, 3.63) is 48.0 Å². The molecule has 1 unspecified atom stereocenters. The fraction of sp³-hybridized carbons (Fsp3) is 0.200. The SMILES string of the molecule is CCOC(=O)C1NN=C(c2ccc3ccccc3c2)S1. The monoisotopic (exact) mass is 286 g/mol. The maximum atomic E-state index is 11.7. The van der Waals surface area contributed by atoms with E-state index in [1.807, 2.05) is 18.2 Å². The highest BCUT2D eigenvalue weighted by Gasteiger charge is 2.28. The Morgan fingerprint density at radius 1 is 1.30 bits per heavy atom. The predicted octanol–water partition coefficient (Wildman–Crippen LogP) is 2.73. The zero-order valence-corrected chi connectivity index (χ0v) is 11.8. The number of nitrogens with zero attached hydrogens (tertiary/aromatic N) is 1. The molecule has 1 aliphatic rings. The minimum atomic E-state index is -0.448. The number of hydrogen-bond acceptors (Lipinski definition) is 5. The van der Waals surface area contributed by atoms with Gasteiger partial charge in [-0.1, -0.05) is 48.2 Å². The normalized spacial score (nSPS) is 17.6. The van der Waals surface area contributed by atoms with Gasteiger partial charge in [0, 0.05) is 5.56 Å². The number of carbonyl (C=O) groups is 1. The van der Waals surface area contributed by atoms with Crippen LogP contribution in [0.3, 0.4) is 0 Å². The lowest BCUT2D eigenvalue weighted by molar-refractivity contribution is -0.142. The molecule has 0 saturated carbocycles. The first kappa shape index (κ1) is 13.0. The first-order chi connectivity index (χ1) is 9.78. The molecule has 0 spiro atoms. The average Bonchev–Trinajstić information content (AvgIpc) is 2.97. The molecule has 1 aliphatic heterocycles. The Morgan fingerprint density at radius 3 is 2.90 bits per heavy atom. The summed E-state index contributed by atoms with van der Waals surface area (Å²) in [5.41, 5.74) is 3.82. The molecule has 0 saturated heterocycles. The summed E-state index contributed by atoms with van der Waals surface area (Å²) in [4.78, 5) is 11.7. The van der Waals surface area contributed by atoms with Crippen molar-refractivity contribution >= 4 is 33.5 Å². The van der Waals surface area contributed by atoms with Crippen LogP contribution in [0.25, 0.3) is 10.8 Å². The summed E-state index contributed by atoms with van der Waals surface area (Å²) in [7, 11) is 0. The minimum absolute atomic E-state index is 0.281. The number of thioether (sulfide) groups is 1. The fourth-order valence-corrected chi connectivity index (χ4v) is 2.92. The number of nitrogens with one attached hydrogen (secondary N) is 1. The minimum Gasteiger partial charge on any atom is -0.464 e. The second-order valence-electron chi connectivity index (χ2n) is 4.36. The maximum absolute atomic E-state index is 11.7. The molecule has 20 heavy (non-hydrogen) atoms. The van der Waals surface area contributed by atoms with Crippen molar-refractivity contribution in [1.29, 1.82) is 0 Å². The van der Waals surface area contributed by atoms with E-state index < -0.39 is 5.37 Å². The van der Waals surface area contributed by atoms with Gasteiger partial charge in [0.1, 0.15) is 5.04 Å². The van der Waals surface area contributed by atoms with Crippen LogP contribution in [0.4, 0.5) is 0 Å². The molecule has 0 fully saturated rings. The van der Waals surface area contributed by atoms with E-state index in [4.69, 9.17) is 4.74 Å². The lowest BCUT2D eigenvalue weighted by atomic mass is 10.1. The zero-order valence-electron chi connectivity index (χ0n) is 11.0. The van der Waals surface area contributed by atoms with Gasteiger partial charge < -0.3 is 4.74 Å². The summed E-state index contributed by atoms with van der Waals surface area (Å²) in [5.74, 6) is -0.281. The molecule has 0 aromatic heterocycles. The Morgan fingerprint density at radius 2 is 2.10 bits per heavy atom. The lowest BCUT2D eigenvalue weighted by Crippen LogP contribution is -2.28. The van der Waals surface area contributed by atoms with Crippen molar-refractivity contribution < 1.29 is 9.53 Å². The number of carbonyl (C=O) groups excluding carboxylic acids is 1. The Bertz CT molecular complexity index is 684. The number of hydrazone groups is 1. The molecular weight excluding hydrogens is 272 g/mol. The third kappa shape index (κ3) is 2.49. The molecule has 2 aromatic carbocycles. The third-order valence-corrected chi connectivity index (χ3v) is 4.09. The standard InChI is InChI=1S/C15H14N2O2S/c1-2-19-15(18)14-17-16-13(20-14)12-8-7-10-5-3-4-6-11(10)9-12/h3-9,14,17H,2H2,1H3. The van der Waals surface area contributed by atoms with Crippen LogP contribution < -0.4 is 5.43 Å². The second kappa shape index (κ2) is 5.54. The molecule has 0 amide bonds. The van der Waals surface area contributed by atoms with Gasteiger partial charge in [0.25, 0.3) is 0 Å². The number of hydrogen-bond donors (Lipinski definition) is 1. The summed E-state index contributed by atoms with van der Waals surface area (Å²) < 4.78 is 4.98. The maximum Gasteiger partial charge on any atom is 0.341 e. The lowest BCUT2D eigenvalue weighted by Gasteiger charge is -2.07. The molecular formula is C15H14N2O2S. The fourth-order valence-electron chi connectivity index (χ4n) is 2.06. The molecule has 4 nitrogen and oxygen atoms in total. The summed E-state index contributed by atoms with van der Waals surface area (Å²) in [5, 5.41) is 6.94. The number of esters is 1. The summed E-state index contributed by atoms with van der Waals surface area (Å²) in [6.45, 7) is 2.17. The average molecular weight is 286 g/mol. The Hall–Kier alpha value is -2.01. The van der Waals surface area contributed by atoms with Gasteiger partial charge in [-0.2, -0.15) is 5.10 Å². The summed E-state index contributed by atoms with van der Waals surface area (Å²) in [6, 6.07) is 14.3. The van der Waals surface area contributed by atoms with Crippen molar-refractivity contribution in [2.75, 3.05) is 6.61 Å². The van der Waals surface area contributed by atoms with E-state index in [2.05, 4.69) is 34.8 Å². The van der Waals surface area contributed by atoms with Gasteiger partial charge in [-0.05, 0) is 23.8 Å². The van der Waals surface area contributed by atoms with E-state index in [9.17, 15) is 4.79 Å².